The van der Waals surface area contributed by atoms with Crippen LogP contribution in [0.5, 0.6) is 0 Å². The van der Waals surface area contributed by atoms with Crippen molar-refractivity contribution in [2.75, 3.05) is 7.11 Å². The third-order valence-corrected chi connectivity index (χ3v) is 3.96. The van der Waals surface area contributed by atoms with Crippen LogP contribution in [0.4, 0.5) is 0 Å². The van der Waals surface area contributed by atoms with Gasteiger partial charge >= 0.3 is 7.12 Å². The van der Waals surface area contributed by atoms with E-state index in [9.17, 15) is 0 Å². The first kappa shape index (κ1) is 14.7. The number of hydrogen-bond donors (Lipinski definition) is 0. The van der Waals surface area contributed by atoms with E-state index in [4.69, 9.17) is 14.0 Å². The van der Waals surface area contributed by atoms with Gasteiger partial charge in [0.05, 0.1) is 17.3 Å². The van der Waals surface area contributed by atoms with Gasteiger partial charge in [-0.25, -0.2) is 0 Å². The lowest BCUT2D eigenvalue weighted by molar-refractivity contribution is 0.00578. The zero-order chi connectivity index (χ0) is 13.3. The summed E-state index contributed by atoms with van der Waals surface area (Å²) in [6.07, 6.45) is 2.30. The third-order valence-electron chi connectivity index (χ3n) is 3.96. The molecule has 1 fully saturated rings. The van der Waals surface area contributed by atoms with Crippen molar-refractivity contribution in [3.63, 3.8) is 0 Å². The van der Waals surface area contributed by atoms with E-state index in [2.05, 4.69) is 47.6 Å². The molecule has 98 valence electrons. The molecule has 0 spiro atoms. The molecule has 0 bridgehead atoms. The Morgan fingerprint density at radius 1 is 1.06 bits per heavy atom. The maximum Gasteiger partial charge on any atom is 0.486 e. The Morgan fingerprint density at radius 2 is 1.53 bits per heavy atom. The van der Waals surface area contributed by atoms with Gasteiger partial charge in [-0.3, -0.25) is 0 Å². The van der Waals surface area contributed by atoms with Crippen molar-refractivity contribution < 1.29 is 14.0 Å². The van der Waals surface area contributed by atoms with Crippen LogP contribution in [0.2, 0.25) is 0 Å². The van der Waals surface area contributed by atoms with Crippen LogP contribution in [-0.2, 0) is 14.0 Å². The summed E-state index contributed by atoms with van der Waals surface area (Å²) in [6, 6.07) is 0. The average Bonchev–Trinajstić information content (AvgIpc) is 2.43. The summed E-state index contributed by atoms with van der Waals surface area (Å²) in [5.41, 5.74) is -0.532. The molecule has 0 radical (unpaired) electrons. The van der Waals surface area contributed by atoms with Gasteiger partial charge in [-0.1, -0.05) is 19.0 Å². The van der Waals surface area contributed by atoms with Crippen LogP contribution >= 0.6 is 0 Å². The Labute approximate surface area is 106 Å². The predicted molar refractivity (Wildman–Crippen MR) is 70.9 cm³/mol. The van der Waals surface area contributed by atoms with Crippen molar-refractivity contribution in [1.29, 1.82) is 0 Å². The summed E-state index contributed by atoms with van der Waals surface area (Å²) in [6.45, 7) is 12.4. The van der Waals surface area contributed by atoms with E-state index in [0.717, 1.165) is 0 Å². The molecule has 1 aliphatic heterocycles. The lowest BCUT2D eigenvalue weighted by atomic mass is 9.87. The summed E-state index contributed by atoms with van der Waals surface area (Å²) >= 11 is 0. The van der Waals surface area contributed by atoms with Gasteiger partial charge in [-0.15, -0.1) is 0 Å². The predicted octanol–water partition coefficient (Wildman–Crippen LogP) is 2.85. The van der Waals surface area contributed by atoms with Crippen LogP contribution < -0.4 is 0 Å². The maximum absolute atomic E-state index is 5.88. The smallest absolute Gasteiger partial charge is 0.400 e. The zero-order valence-corrected chi connectivity index (χ0v) is 12.1. The molecule has 2 unspecified atom stereocenters. The Bertz CT molecular complexity index is 270. The molecule has 3 nitrogen and oxygen atoms in total. The van der Waals surface area contributed by atoms with Gasteiger partial charge in [0.1, 0.15) is 0 Å². The van der Waals surface area contributed by atoms with E-state index < -0.39 is 0 Å². The van der Waals surface area contributed by atoms with E-state index in [0.29, 0.717) is 5.92 Å². The van der Waals surface area contributed by atoms with Gasteiger partial charge in [-0.05, 0) is 40.5 Å². The molecule has 0 aliphatic carbocycles. The van der Waals surface area contributed by atoms with Crippen molar-refractivity contribution in [3.8, 4) is 0 Å². The van der Waals surface area contributed by atoms with E-state index in [1.807, 2.05) is 5.98 Å². The number of rotatable bonds is 4. The van der Waals surface area contributed by atoms with Gasteiger partial charge in [0.2, 0.25) is 0 Å². The lowest BCUT2D eigenvalue weighted by Gasteiger charge is -2.32. The Morgan fingerprint density at radius 3 is 1.94 bits per heavy atom. The molecule has 0 aromatic rings. The Kier molecular flexibility index (Phi) is 4.45. The highest BCUT2D eigenvalue weighted by molar-refractivity contribution is 6.51. The molecule has 4 heteroatoms. The highest BCUT2D eigenvalue weighted by Gasteiger charge is 2.50. The monoisotopic (exact) mass is 240 g/mol. The molecule has 0 N–H and O–H groups in total. The summed E-state index contributed by atoms with van der Waals surface area (Å²) in [4.78, 5) is 0. The first-order valence-electron chi connectivity index (χ1n) is 6.26. The number of ether oxygens (including phenoxy) is 1. The van der Waals surface area contributed by atoms with Crippen molar-refractivity contribution in [2.45, 2.75) is 58.8 Å². The van der Waals surface area contributed by atoms with Crippen LogP contribution in [0.1, 0.15) is 41.5 Å². The largest absolute Gasteiger partial charge is 0.486 e. The molecule has 0 aromatic carbocycles. The average molecular weight is 240 g/mol. The quantitative estimate of drug-likeness (QED) is 0.707. The Balaban J connectivity index is 2.59. The molecule has 1 saturated heterocycles. The summed E-state index contributed by atoms with van der Waals surface area (Å²) in [5, 5.41) is 0. The minimum absolute atomic E-state index is 0.202. The molecule has 1 heterocycles. The third kappa shape index (κ3) is 3.33. The second-order valence-electron chi connectivity index (χ2n) is 5.81. The van der Waals surface area contributed by atoms with E-state index >= 15 is 0 Å². The summed E-state index contributed by atoms with van der Waals surface area (Å²) in [5.74, 6) is 2.33. The van der Waals surface area contributed by atoms with E-state index in [1.54, 1.807) is 7.11 Å². The SMILES string of the molecule is COC(C)C(C)C=CB1OC(C)(C)C(C)(C)O1. The zero-order valence-electron chi connectivity index (χ0n) is 12.1. The molecular weight excluding hydrogens is 215 g/mol. The summed E-state index contributed by atoms with van der Waals surface area (Å²) < 4.78 is 17.0. The van der Waals surface area contributed by atoms with Crippen LogP contribution in [0.15, 0.2) is 12.1 Å². The van der Waals surface area contributed by atoms with Gasteiger partial charge in [0.25, 0.3) is 0 Å². The molecule has 17 heavy (non-hydrogen) atoms. The van der Waals surface area contributed by atoms with Gasteiger partial charge in [0.15, 0.2) is 0 Å². The number of hydrogen-bond acceptors (Lipinski definition) is 3. The van der Waals surface area contributed by atoms with Crippen molar-refractivity contribution in [2.24, 2.45) is 5.92 Å². The second kappa shape index (κ2) is 5.13. The molecule has 1 rings (SSSR count). The molecule has 0 amide bonds. The highest BCUT2D eigenvalue weighted by atomic mass is 16.7. The topological polar surface area (TPSA) is 27.7 Å². The van der Waals surface area contributed by atoms with Crippen LogP contribution in [-0.4, -0.2) is 31.5 Å². The van der Waals surface area contributed by atoms with Gasteiger partial charge in [0, 0.05) is 7.11 Å². The minimum atomic E-state index is -0.266. The van der Waals surface area contributed by atoms with E-state index in [1.165, 1.54) is 0 Å². The molecule has 1 aliphatic rings. The van der Waals surface area contributed by atoms with Crippen LogP contribution in [0.25, 0.3) is 0 Å². The maximum atomic E-state index is 5.88. The second-order valence-corrected chi connectivity index (χ2v) is 5.81. The minimum Gasteiger partial charge on any atom is -0.400 e. The van der Waals surface area contributed by atoms with Crippen molar-refractivity contribution >= 4 is 7.12 Å². The lowest BCUT2D eigenvalue weighted by Crippen LogP contribution is -2.41. The van der Waals surface area contributed by atoms with Gasteiger partial charge < -0.3 is 14.0 Å². The summed E-state index contributed by atoms with van der Waals surface area (Å²) in [7, 11) is 1.47. The molecular formula is C13H25BO3. The standard InChI is InChI=1S/C13H25BO3/c1-10(11(2)15-7)8-9-14-16-12(3,4)13(5,6)17-14/h8-11H,1-7H3. The number of methoxy groups -OCH3 is 1. The van der Waals surface area contributed by atoms with Crippen LogP contribution in [0.3, 0.4) is 0 Å². The highest BCUT2D eigenvalue weighted by Crippen LogP contribution is 2.36. The fraction of sp³-hybridized carbons (Fsp3) is 0.846. The first-order valence-corrected chi connectivity index (χ1v) is 6.26. The van der Waals surface area contributed by atoms with Gasteiger partial charge in [-0.2, -0.15) is 0 Å². The van der Waals surface area contributed by atoms with Crippen molar-refractivity contribution in [3.05, 3.63) is 12.1 Å². The molecule has 2 atom stereocenters. The molecule has 0 aromatic heterocycles. The fourth-order valence-electron chi connectivity index (χ4n) is 1.60. The molecule has 0 saturated carbocycles. The first-order chi connectivity index (χ1) is 7.69. The van der Waals surface area contributed by atoms with E-state index in [-0.39, 0.29) is 24.4 Å². The van der Waals surface area contributed by atoms with Crippen LogP contribution in [0, 0.1) is 5.92 Å². The normalized spacial score (nSPS) is 26.4. The van der Waals surface area contributed by atoms with Crippen molar-refractivity contribution in [1.82, 2.24) is 0 Å². The Hall–Kier alpha value is -0.315. The fourth-order valence-corrected chi connectivity index (χ4v) is 1.60.